The monoisotopic (exact) mass is 272 g/mol. The molecule has 0 aliphatic carbocycles. The minimum atomic E-state index is -0.163. The summed E-state index contributed by atoms with van der Waals surface area (Å²) in [6.07, 6.45) is 0. The second kappa shape index (κ2) is 5.90. The number of aryl methyl sites for hydroxylation is 2. The number of hydrogen-bond donors (Lipinski definition) is 0. The Morgan fingerprint density at radius 1 is 1.25 bits per heavy atom. The van der Waals surface area contributed by atoms with Crippen molar-refractivity contribution in [3.63, 3.8) is 0 Å². The maximum absolute atomic E-state index is 12.0. The van der Waals surface area contributed by atoms with Gasteiger partial charge in [0.25, 0.3) is 5.91 Å². The summed E-state index contributed by atoms with van der Waals surface area (Å²) in [6.45, 7) is 7.99. The molecule has 1 heterocycles. The molecule has 0 aliphatic rings. The Bertz CT molecular complexity index is 597. The van der Waals surface area contributed by atoms with Gasteiger partial charge in [-0.25, -0.2) is 4.68 Å². The van der Waals surface area contributed by atoms with Crippen LogP contribution in [0.25, 0.3) is 0 Å². The van der Waals surface area contributed by atoms with Gasteiger partial charge in [-0.2, -0.15) is 5.10 Å². The molecule has 0 fully saturated rings. The number of aromatic nitrogens is 2. The summed E-state index contributed by atoms with van der Waals surface area (Å²) in [5.74, 6) is 1.02. The fraction of sp³-hybridized carbons (Fsp3) is 0.375. The van der Waals surface area contributed by atoms with Crippen molar-refractivity contribution in [1.29, 1.82) is 0 Å². The van der Waals surface area contributed by atoms with Crippen molar-refractivity contribution in [2.45, 2.75) is 33.6 Å². The number of hydrogen-bond acceptors (Lipinski definition) is 3. The second-order valence-electron chi connectivity index (χ2n) is 5.25. The standard InChI is InChI=1S/C16H20N2O2/c1-11(2)14-5-7-15(8-6-14)20-10-16(19)18-13(4)9-12(3)17-18/h5-9,11H,10H2,1-4H3. The molecule has 0 radical (unpaired) electrons. The van der Waals surface area contributed by atoms with Crippen molar-refractivity contribution in [2.75, 3.05) is 6.61 Å². The Labute approximate surface area is 119 Å². The molecule has 0 saturated carbocycles. The van der Waals surface area contributed by atoms with Crippen LogP contribution in [-0.4, -0.2) is 22.3 Å². The van der Waals surface area contributed by atoms with Gasteiger partial charge in [0.05, 0.1) is 5.69 Å². The van der Waals surface area contributed by atoms with E-state index in [0.717, 1.165) is 11.4 Å². The second-order valence-corrected chi connectivity index (χ2v) is 5.25. The van der Waals surface area contributed by atoms with Crippen LogP contribution in [0.2, 0.25) is 0 Å². The van der Waals surface area contributed by atoms with E-state index in [1.807, 2.05) is 44.2 Å². The molecule has 0 spiro atoms. The average molecular weight is 272 g/mol. The van der Waals surface area contributed by atoms with E-state index in [2.05, 4.69) is 18.9 Å². The highest BCUT2D eigenvalue weighted by Gasteiger charge is 2.10. The molecule has 0 atom stereocenters. The number of carbonyl (C=O) groups is 1. The van der Waals surface area contributed by atoms with E-state index in [1.165, 1.54) is 10.2 Å². The zero-order valence-corrected chi connectivity index (χ0v) is 12.4. The predicted octanol–water partition coefficient (Wildman–Crippen LogP) is 3.34. The largest absolute Gasteiger partial charge is 0.484 e. The van der Waals surface area contributed by atoms with E-state index >= 15 is 0 Å². The zero-order valence-electron chi connectivity index (χ0n) is 12.4. The lowest BCUT2D eigenvalue weighted by molar-refractivity contribution is 0.0818. The molecule has 1 aromatic heterocycles. The van der Waals surface area contributed by atoms with Gasteiger partial charge in [0.1, 0.15) is 5.75 Å². The molecule has 0 amide bonds. The van der Waals surface area contributed by atoms with Crippen molar-refractivity contribution < 1.29 is 9.53 Å². The van der Waals surface area contributed by atoms with Crippen molar-refractivity contribution in [1.82, 2.24) is 9.78 Å². The third-order valence-corrected chi connectivity index (χ3v) is 3.15. The smallest absolute Gasteiger partial charge is 0.284 e. The number of rotatable bonds is 4. The van der Waals surface area contributed by atoms with Gasteiger partial charge in [-0.3, -0.25) is 4.79 Å². The minimum Gasteiger partial charge on any atom is -0.484 e. The zero-order chi connectivity index (χ0) is 14.7. The third-order valence-electron chi connectivity index (χ3n) is 3.15. The van der Waals surface area contributed by atoms with Gasteiger partial charge in [0.15, 0.2) is 6.61 Å². The van der Waals surface area contributed by atoms with Crippen LogP contribution in [0.5, 0.6) is 5.75 Å². The first-order valence-electron chi connectivity index (χ1n) is 6.76. The summed E-state index contributed by atoms with van der Waals surface area (Å²) in [5.41, 5.74) is 2.91. The van der Waals surface area contributed by atoms with E-state index in [1.54, 1.807) is 0 Å². The Kier molecular flexibility index (Phi) is 4.23. The molecular formula is C16H20N2O2. The van der Waals surface area contributed by atoms with E-state index < -0.39 is 0 Å². The molecule has 20 heavy (non-hydrogen) atoms. The topological polar surface area (TPSA) is 44.1 Å². The maximum Gasteiger partial charge on any atom is 0.284 e. The summed E-state index contributed by atoms with van der Waals surface area (Å²) in [4.78, 5) is 12.0. The van der Waals surface area contributed by atoms with Crippen LogP contribution < -0.4 is 4.74 Å². The molecule has 2 aromatic rings. The third kappa shape index (κ3) is 3.26. The van der Waals surface area contributed by atoms with E-state index in [9.17, 15) is 4.79 Å². The first-order valence-corrected chi connectivity index (χ1v) is 6.76. The molecule has 0 bridgehead atoms. The van der Waals surface area contributed by atoms with Gasteiger partial charge in [-0.1, -0.05) is 26.0 Å². The predicted molar refractivity (Wildman–Crippen MR) is 78.4 cm³/mol. The number of nitrogens with zero attached hydrogens (tertiary/aromatic N) is 2. The van der Waals surface area contributed by atoms with Gasteiger partial charge < -0.3 is 4.74 Å². The summed E-state index contributed by atoms with van der Waals surface area (Å²) in [6, 6.07) is 9.70. The van der Waals surface area contributed by atoms with Crippen LogP contribution in [0, 0.1) is 13.8 Å². The van der Waals surface area contributed by atoms with Crippen molar-refractivity contribution >= 4 is 5.91 Å². The highest BCUT2D eigenvalue weighted by Crippen LogP contribution is 2.18. The quantitative estimate of drug-likeness (QED) is 0.857. The molecule has 106 valence electrons. The fourth-order valence-electron chi connectivity index (χ4n) is 2.04. The van der Waals surface area contributed by atoms with Crippen molar-refractivity contribution in [3.8, 4) is 5.75 Å². The molecule has 0 N–H and O–H groups in total. The maximum atomic E-state index is 12.0. The van der Waals surface area contributed by atoms with Crippen LogP contribution in [-0.2, 0) is 0 Å². The average Bonchev–Trinajstić information content (AvgIpc) is 2.75. The van der Waals surface area contributed by atoms with Gasteiger partial charge >= 0.3 is 0 Å². The summed E-state index contributed by atoms with van der Waals surface area (Å²) in [7, 11) is 0. The fourth-order valence-corrected chi connectivity index (χ4v) is 2.04. The summed E-state index contributed by atoms with van der Waals surface area (Å²) >= 11 is 0. The van der Waals surface area contributed by atoms with E-state index in [0.29, 0.717) is 11.7 Å². The van der Waals surface area contributed by atoms with Crippen LogP contribution in [0.1, 0.15) is 41.5 Å². The molecule has 0 aliphatic heterocycles. The van der Waals surface area contributed by atoms with Gasteiger partial charge in [-0.05, 0) is 43.5 Å². The normalized spacial score (nSPS) is 10.8. The van der Waals surface area contributed by atoms with E-state index in [4.69, 9.17) is 4.74 Å². The number of ether oxygens (including phenoxy) is 1. The highest BCUT2D eigenvalue weighted by atomic mass is 16.5. The van der Waals surface area contributed by atoms with Crippen LogP contribution in [0.15, 0.2) is 30.3 Å². The van der Waals surface area contributed by atoms with Crippen molar-refractivity contribution in [2.24, 2.45) is 0 Å². The Morgan fingerprint density at radius 3 is 2.40 bits per heavy atom. The molecular weight excluding hydrogens is 252 g/mol. The van der Waals surface area contributed by atoms with Crippen molar-refractivity contribution in [3.05, 3.63) is 47.3 Å². The first-order chi connectivity index (χ1) is 9.47. The Balaban J connectivity index is 1.98. The SMILES string of the molecule is Cc1cc(C)n(C(=O)COc2ccc(C(C)C)cc2)n1. The molecule has 4 nitrogen and oxygen atoms in total. The lowest BCUT2D eigenvalue weighted by Gasteiger charge is -2.09. The van der Waals surface area contributed by atoms with E-state index in [-0.39, 0.29) is 12.5 Å². The number of carbonyl (C=O) groups excluding carboxylic acids is 1. The molecule has 1 aromatic carbocycles. The van der Waals surface area contributed by atoms with Gasteiger partial charge in [0.2, 0.25) is 0 Å². The lowest BCUT2D eigenvalue weighted by atomic mass is 10.0. The highest BCUT2D eigenvalue weighted by molar-refractivity contribution is 5.80. The summed E-state index contributed by atoms with van der Waals surface area (Å²) in [5, 5.41) is 4.15. The van der Waals surface area contributed by atoms with Crippen LogP contribution in [0.4, 0.5) is 0 Å². The van der Waals surface area contributed by atoms with Gasteiger partial charge in [-0.15, -0.1) is 0 Å². The van der Waals surface area contributed by atoms with Crippen LogP contribution in [0.3, 0.4) is 0 Å². The minimum absolute atomic E-state index is 0.0109. The van der Waals surface area contributed by atoms with Crippen LogP contribution >= 0.6 is 0 Å². The number of benzene rings is 1. The molecule has 0 unspecified atom stereocenters. The lowest BCUT2D eigenvalue weighted by Crippen LogP contribution is -2.21. The Morgan fingerprint density at radius 2 is 1.90 bits per heavy atom. The molecule has 4 heteroatoms. The molecule has 0 saturated heterocycles. The molecule has 2 rings (SSSR count). The Hall–Kier alpha value is -2.10. The first kappa shape index (κ1) is 14.3. The summed E-state index contributed by atoms with van der Waals surface area (Å²) < 4.78 is 6.90. The van der Waals surface area contributed by atoms with Gasteiger partial charge in [0, 0.05) is 5.69 Å².